The van der Waals surface area contributed by atoms with E-state index in [1.54, 1.807) is 0 Å². The Labute approximate surface area is 123 Å². The van der Waals surface area contributed by atoms with E-state index in [4.69, 9.17) is 5.73 Å². The predicted molar refractivity (Wildman–Crippen MR) is 85.1 cm³/mol. The molecular formula is C16H28N4. The third-order valence-electron chi connectivity index (χ3n) is 4.22. The Hall–Kier alpha value is -1.13. The van der Waals surface area contributed by atoms with Crippen LogP contribution in [0, 0.1) is 19.8 Å². The van der Waals surface area contributed by atoms with Crippen LogP contribution in [-0.2, 0) is 6.54 Å². The van der Waals surface area contributed by atoms with Gasteiger partial charge < -0.3 is 15.5 Å². The lowest BCUT2D eigenvalue weighted by Gasteiger charge is -2.36. The molecule has 1 aromatic rings. The fourth-order valence-corrected chi connectivity index (χ4v) is 3.24. The van der Waals surface area contributed by atoms with Crippen LogP contribution < -0.4 is 10.6 Å². The predicted octanol–water partition coefficient (Wildman–Crippen LogP) is 1.94. The molecule has 4 heteroatoms. The van der Waals surface area contributed by atoms with Gasteiger partial charge >= 0.3 is 0 Å². The molecule has 2 N–H and O–H groups in total. The lowest BCUT2D eigenvalue weighted by molar-refractivity contribution is 0.285. The van der Waals surface area contributed by atoms with Crippen LogP contribution in [0.15, 0.2) is 6.07 Å². The largest absolute Gasteiger partial charge is 0.371 e. The second-order valence-electron chi connectivity index (χ2n) is 6.24. The Bertz CT molecular complexity index is 448. The number of aromatic nitrogens is 1. The molecule has 2 heterocycles. The molecule has 0 atom stereocenters. The monoisotopic (exact) mass is 276 g/mol. The first-order valence-electron chi connectivity index (χ1n) is 7.58. The molecule has 0 radical (unpaired) electrons. The molecule has 2 rings (SSSR count). The van der Waals surface area contributed by atoms with Gasteiger partial charge in [0.1, 0.15) is 0 Å². The van der Waals surface area contributed by atoms with Crippen LogP contribution in [0.2, 0.25) is 0 Å². The first kappa shape index (κ1) is 15.3. The van der Waals surface area contributed by atoms with Gasteiger partial charge in [-0.05, 0) is 52.8 Å². The van der Waals surface area contributed by atoms with E-state index in [1.807, 2.05) is 0 Å². The van der Waals surface area contributed by atoms with E-state index in [9.17, 15) is 0 Å². The third-order valence-corrected chi connectivity index (χ3v) is 4.22. The quantitative estimate of drug-likeness (QED) is 0.913. The van der Waals surface area contributed by atoms with Crippen molar-refractivity contribution in [2.75, 3.05) is 38.6 Å². The van der Waals surface area contributed by atoms with Crippen LogP contribution in [0.4, 0.5) is 5.69 Å². The van der Waals surface area contributed by atoms with Crippen LogP contribution in [0.25, 0.3) is 0 Å². The molecule has 0 amide bonds. The number of hydrogen-bond acceptors (Lipinski definition) is 4. The Balaban J connectivity index is 2.10. The Morgan fingerprint density at radius 3 is 2.50 bits per heavy atom. The summed E-state index contributed by atoms with van der Waals surface area (Å²) in [7, 11) is 4.32. The van der Waals surface area contributed by atoms with Gasteiger partial charge in [-0.1, -0.05) is 0 Å². The van der Waals surface area contributed by atoms with Gasteiger partial charge in [0.15, 0.2) is 0 Å². The maximum absolute atomic E-state index is 5.93. The summed E-state index contributed by atoms with van der Waals surface area (Å²) in [5.41, 5.74) is 10.6. The van der Waals surface area contributed by atoms with E-state index in [-0.39, 0.29) is 0 Å². The molecule has 0 spiro atoms. The van der Waals surface area contributed by atoms with E-state index >= 15 is 0 Å². The summed E-state index contributed by atoms with van der Waals surface area (Å²) >= 11 is 0. The molecule has 1 saturated heterocycles. The SMILES string of the molecule is Cc1cc(N2CCC(CN(C)C)CC2)c(CN)c(C)n1. The summed E-state index contributed by atoms with van der Waals surface area (Å²) in [6.07, 6.45) is 2.53. The maximum atomic E-state index is 5.93. The van der Waals surface area contributed by atoms with Crippen molar-refractivity contribution in [1.29, 1.82) is 0 Å². The number of aryl methyl sites for hydroxylation is 2. The van der Waals surface area contributed by atoms with Crippen molar-refractivity contribution in [3.05, 3.63) is 23.0 Å². The Morgan fingerprint density at radius 1 is 1.30 bits per heavy atom. The minimum atomic E-state index is 0.575. The zero-order chi connectivity index (χ0) is 14.7. The van der Waals surface area contributed by atoms with Crippen LogP contribution >= 0.6 is 0 Å². The molecule has 1 aliphatic rings. The molecule has 0 bridgehead atoms. The molecule has 1 aliphatic heterocycles. The van der Waals surface area contributed by atoms with Crippen molar-refractivity contribution in [2.45, 2.75) is 33.2 Å². The number of nitrogens with zero attached hydrogens (tertiary/aromatic N) is 3. The highest BCUT2D eigenvalue weighted by atomic mass is 15.1. The molecule has 112 valence electrons. The normalized spacial score (nSPS) is 17.0. The fraction of sp³-hybridized carbons (Fsp3) is 0.688. The van der Waals surface area contributed by atoms with Gasteiger partial charge in [0.25, 0.3) is 0 Å². The molecule has 0 aromatic carbocycles. The summed E-state index contributed by atoms with van der Waals surface area (Å²) in [6.45, 7) is 8.17. The van der Waals surface area contributed by atoms with Gasteiger partial charge in [0.2, 0.25) is 0 Å². The van der Waals surface area contributed by atoms with E-state index in [2.05, 4.69) is 48.8 Å². The van der Waals surface area contributed by atoms with Gasteiger partial charge in [0, 0.05) is 48.8 Å². The first-order valence-corrected chi connectivity index (χ1v) is 7.58. The summed E-state index contributed by atoms with van der Waals surface area (Å²) in [5, 5.41) is 0. The smallest absolute Gasteiger partial charge is 0.0448 e. The molecule has 4 nitrogen and oxygen atoms in total. The zero-order valence-electron chi connectivity index (χ0n) is 13.3. The summed E-state index contributed by atoms with van der Waals surface area (Å²) in [6, 6.07) is 2.20. The van der Waals surface area contributed by atoms with E-state index in [0.717, 1.165) is 30.4 Å². The molecule has 1 fully saturated rings. The second kappa shape index (κ2) is 6.55. The van der Waals surface area contributed by atoms with Crippen molar-refractivity contribution >= 4 is 5.69 Å². The Kier molecular flexibility index (Phi) is 5.00. The van der Waals surface area contributed by atoms with Crippen molar-refractivity contribution in [1.82, 2.24) is 9.88 Å². The van der Waals surface area contributed by atoms with Gasteiger partial charge in [-0.15, -0.1) is 0 Å². The molecule has 0 saturated carbocycles. The molecule has 20 heavy (non-hydrogen) atoms. The van der Waals surface area contributed by atoms with E-state index in [1.165, 1.54) is 30.6 Å². The number of nitrogens with two attached hydrogens (primary N) is 1. The third kappa shape index (κ3) is 3.49. The van der Waals surface area contributed by atoms with Crippen LogP contribution in [0.5, 0.6) is 0 Å². The first-order chi connectivity index (χ1) is 9.51. The van der Waals surface area contributed by atoms with Crippen LogP contribution in [0.1, 0.15) is 29.8 Å². The minimum Gasteiger partial charge on any atom is -0.371 e. The lowest BCUT2D eigenvalue weighted by Crippen LogP contribution is -2.37. The van der Waals surface area contributed by atoms with Crippen molar-refractivity contribution in [2.24, 2.45) is 11.7 Å². The molecule has 0 unspecified atom stereocenters. The van der Waals surface area contributed by atoms with Crippen LogP contribution in [0.3, 0.4) is 0 Å². The van der Waals surface area contributed by atoms with Gasteiger partial charge in [0.05, 0.1) is 0 Å². The second-order valence-corrected chi connectivity index (χ2v) is 6.24. The van der Waals surface area contributed by atoms with E-state index in [0.29, 0.717) is 6.54 Å². The van der Waals surface area contributed by atoms with Crippen molar-refractivity contribution in [3.63, 3.8) is 0 Å². The van der Waals surface area contributed by atoms with Gasteiger partial charge in [-0.25, -0.2) is 0 Å². The number of pyridine rings is 1. The summed E-state index contributed by atoms with van der Waals surface area (Å²) < 4.78 is 0. The molecule has 1 aromatic heterocycles. The standard InChI is InChI=1S/C16H28N4/c1-12-9-16(15(10-17)13(2)18-12)20-7-5-14(6-8-20)11-19(3)4/h9,14H,5-8,10-11,17H2,1-4H3. The average molecular weight is 276 g/mol. The maximum Gasteiger partial charge on any atom is 0.0448 e. The zero-order valence-corrected chi connectivity index (χ0v) is 13.3. The average Bonchev–Trinajstić information content (AvgIpc) is 2.38. The highest BCUT2D eigenvalue weighted by Gasteiger charge is 2.22. The number of hydrogen-bond donors (Lipinski definition) is 1. The van der Waals surface area contributed by atoms with Crippen LogP contribution in [-0.4, -0.2) is 43.6 Å². The summed E-state index contributed by atoms with van der Waals surface area (Å²) in [5.74, 6) is 0.826. The van der Waals surface area contributed by atoms with E-state index < -0.39 is 0 Å². The van der Waals surface area contributed by atoms with Gasteiger partial charge in [-0.3, -0.25) is 4.98 Å². The highest BCUT2D eigenvalue weighted by Crippen LogP contribution is 2.28. The minimum absolute atomic E-state index is 0.575. The Morgan fingerprint density at radius 2 is 1.95 bits per heavy atom. The molecule has 0 aliphatic carbocycles. The topological polar surface area (TPSA) is 45.4 Å². The number of piperidine rings is 1. The highest BCUT2D eigenvalue weighted by molar-refractivity contribution is 5.56. The number of rotatable bonds is 4. The summed E-state index contributed by atoms with van der Waals surface area (Å²) in [4.78, 5) is 9.33. The molecular weight excluding hydrogens is 248 g/mol. The van der Waals surface area contributed by atoms with Crippen molar-refractivity contribution < 1.29 is 0 Å². The fourth-order valence-electron chi connectivity index (χ4n) is 3.24. The van der Waals surface area contributed by atoms with Crippen molar-refractivity contribution in [3.8, 4) is 0 Å². The number of anilines is 1. The lowest BCUT2D eigenvalue weighted by atomic mass is 9.95. The van der Waals surface area contributed by atoms with Gasteiger partial charge in [-0.2, -0.15) is 0 Å².